The van der Waals surface area contributed by atoms with E-state index in [1.54, 1.807) is 29.2 Å². The third-order valence-electron chi connectivity index (χ3n) is 6.38. The number of aromatic amines is 1. The fourth-order valence-electron chi connectivity index (χ4n) is 4.39. The van der Waals surface area contributed by atoms with Crippen molar-refractivity contribution in [2.24, 2.45) is 0 Å². The van der Waals surface area contributed by atoms with Gasteiger partial charge in [0.25, 0.3) is 0 Å². The topological polar surface area (TPSA) is 106 Å². The van der Waals surface area contributed by atoms with Crippen molar-refractivity contribution in [3.8, 4) is 17.0 Å². The molecular weight excluding hydrogens is 528 g/mol. The molecule has 3 rings (SSSR count). The Balaban J connectivity index is 1.52. The van der Waals surface area contributed by atoms with Gasteiger partial charge in [0.2, 0.25) is 0 Å². The van der Waals surface area contributed by atoms with E-state index in [1.807, 2.05) is 51.1 Å². The Bertz CT molecular complexity index is 1370. The van der Waals surface area contributed by atoms with Gasteiger partial charge in [0.1, 0.15) is 10.5 Å². The van der Waals surface area contributed by atoms with Crippen LogP contribution in [0.2, 0.25) is 0 Å². The second-order valence-corrected chi connectivity index (χ2v) is 12.8. The SMILES string of the molecule is COc1c[nH]c(-c2ccc(C(=O)CCCCCN(CCc3ccccc3)C(=O)OC(C)(C)C)cc2)c1S(C)(=O)=O. The molecule has 1 N–H and O–H groups in total. The highest BCUT2D eigenvalue weighted by Gasteiger charge is 2.23. The Morgan fingerprint density at radius 1 is 0.925 bits per heavy atom. The molecule has 40 heavy (non-hydrogen) atoms. The van der Waals surface area contributed by atoms with Crippen LogP contribution < -0.4 is 4.74 Å². The Hall–Kier alpha value is -3.59. The van der Waals surface area contributed by atoms with Crippen LogP contribution in [0.3, 0.4) is 0 Å². The summed E-state index contributed by atoms with van der Waals surface area (Å²) in [5.74, 6) is 0.273. The third-order valence-corrected chi connectivity index (χ3v) is 7.53. The van der Waals surface area contributed by atoms with E-state index in [0.29, 0.717) is 42.8 Å². The van der Waals surface area contributed by atoms with Crippen molar-refractivity contribution in [2.45, 2.75) is 63.4 Å². The van der Waals surface area contributed by atoms with Crippen molar-refractivity contribution in [3.05, 3.63) is 71.9 Å². The predicted molar refractivity (Wildman–Crippen MR) is 157 cm³/mol. The molecule has 2 aromatic carbocycles. The number of H-pyrrole nitrogens is 1. The number of nitrogens with one attached hydrogen (secondary N) is 1. The average molecular weight is 569 g/mol. The van der Waals surface area contributed by atoms with Gasteiger partial charge in [-0.15, -0.1) is 0 Å². The molecule has 1 aromatic heterocycles. The van der Waals surface area contributed by atoms with Crippen LogP contribution >= 0.6 is 0 Å². The zero-order valence-electron chi connectivity index (χ0n) is 24.0. The van der Waals surface area contributed by atoms with E-state index in [0.717, 1.165) is 31.1 Å². The number of carbonyl (C=O) groups is 2. The predicted octanol–water partition coefficient (Wildman–Crippen LogP) is 6.32. The number of Topliss-reactive ketones (excluding diaryl/α,β-unsaturated/α-hetero) is 1. The number of benzene rings is 2. The lowest BCUT2D eigenvalue weighted by Crippen LogP contribution is -2.38. The van der Waals surface area contributed by atoms with Gasteiger partial charge in [-0.25, -0.2) is 13.2 Å². The lowest BCUT2D eigenvalue weighted by Gasteiger charge is -2.27. The van der Waals surface area contributed by atoms with Crippen molar-refractivity contribution in [2.75, 3.05) is 26.5 Å². The average Bonchev–Trinajstić information content (AvgIpc) is 3.35. The molecule has 9 heteroatoms. The van der Waals surface area contributed by atoms with E-state index in [4.69, 9.17) is 9.47 Å². The fraction of sp³-hybridized carbons (Fsp3) is 0.419. The molecule has 0 bridgehead atoms. The molecule has 0 aliphatic rings. The molecule has 0 fully saturated rings. The number of sulfone groups is 1. The highest BCUT2D eigenvalue weighted by Crippen LogP contribution is 2.34. The monoisotopic (exact) mass is 568 g/mol. The lowest BCUT2D eigenvalue weighted by atomic mass is 10.0. The van der Waals surface area contributed by atoms with E-state index in [1.165, 1.54) is 13.3 Å². The van der Waals surface area contributed by atoms with Gasteiger partial charge in [-0.2, -0.15) is 0 Å². The molecule has 0 aliphatic heterocycles. The number of ether oxygens (including phenoxy) is 2. The molecule has 0 saturated carbocycles. The number of ketones is 1. The largest absolute Gasteiger partial charge is 0.494 e. The van der Waals surface area contributed by atoms with E-state index in [-0.39, 0.29) is 22.5 Å². The van der Waals surface area contributed by atoms with Gasteiger partial charge in [-0.05, 0) is 51.2 Å². The van der Waals surface area contributed by atoms with Crippen LogP contribution in [-0.2, 0) is 21.0 Å². The number of hydrogen-bond acceptors (Lipinski definition) is 6. The molecule has 0 spiro atoms. The Morgan fingerprint density at radius 2 is 1.60 bits per heavy atom. The highest BCUT2D eigenvalue weighted by molar-refractivity contribution is 7.91. The van der Waals surface area contributed by atoms with Gasteiger partial charge >= 0.3 is 6.09 Å². The summed E-state index contributed by atoms with van der Waals surface area (Å²) in [7, 11) is -2.10. The van der Waals surface area contributed by atoms with Gasteiger partial charge < -0.3 is 19.4 Å². The molecule has 0 saturated heterocycles. The molecule has 3 aromatic rings. The highest BCUT2D eigenvalue weighted by atomic mass is 32.2. The Labute approximate surface area is 237 Å². The molecule has 1 heterocycles. The summed E-state index contributed by atoms with van der Waals surface area (Å²) >= 11 is 0. The van der Waals surface area contributed by atoms with Crippen LogP contribution in [-0.4, -0.2) is 62.2 Å². The van der Waals surface area contributed by atoms with Crippen LogP contribution in [0.25, 0.3) is 11.3 Å². The summed E-state index contributed by atoms with van der Waals surface area (Å²) in [6, 6.07) is 16.9. The molecule has 0 atom stereocenters. The third kappa shape index (κ3) is 8.98. The maximum absolute atomic E-state index is 12.8. The van der Waals surface area contributed by atoms with E-state index in [9.17, 15) is 18.0 Å². The normalized spacial score (nSPS) is 11.7. The van der Waals surface area contributed by atoms with Crippen LogP contribution in [0, 0.1) is 0 Å². The number of carbonyl (C=O) groups excluding carboxylic acids is 2. The maximum atomic E-state index is 12.8. The number of rotatable bonds is 13. The second-order valence-electron chi connectivity index (χ2n) is 10.8. The molecular formula is C31H40N2O6S. The number of aromatic nitrogens is 1. The molecule has 0 unspecified atom stereocenters. The standard InChI is InChI=1S/C31H40N2O6S/c1-31(2,3)39-30(35)33(21-19-23-12-8-6-9-13-23)20-11-7-10-14-26(34)24-15-17-25(18-16-24)28-29(40(5,36)37)27(38-4)22-32-28/h6,8-9,12-13,15-18,22,32H,7,10-11,14,19-21H2,1-5H3. The zero-order valence-corrected chi connectivity index (χ0v) is 24.8. The van der Waals surface area contributed by atoms with Crippen LogP contribution in [0.1, 0.15) is 62.4 Å². The summed E-state index contributed by atoms with van der Waals surface area (Å²) in [4.78, 5) is 30.4. The fourth-order valence-corrected chi connectivity index (χ4v) is 5.44. The van der Waals surface area contributed by atoms with Crippen molar-refractivity contribution < 1.29 is 27.5 Å². The molecule has 0 radical (unpaired) electrons. The number of amides is 1. The van der Waals surface area contributed by atoms with E-state index < -0.39 is 15.4 Å². The minimum atomic E-state index is -3.52. The molecule has 0 aliphatic carbocycles. The molecule has 216 valence electrons. The summed E-state index contributed by atoms with van der Waals surface area (Å²) in [5, 5.41) is 0. The number of methoxy groups -OCH3 is 1. The quantitative estimate of drug-likeness (QED) is 0.191. The first-order valence-corrected chi connectivity index (χ1v) is 15.4. The van der Waals surface area contributed by atoms with Crippen LogP contribution in [0.5, 0.6) is 5.75 Å². The van der Waals surface area contributed by atoms with E-state index >= 15 is 0 Å². The van der Waals surface area contributed by atoms with Gasteiger partial charge in [-0.1, -0.05) is 61.0 Å². The van der Waals surface area contributed by atoms with Gasteiger partial charge in [-0.3, -0.25) is 4.79 Å². The smallest absolute Gasteiger partial charge is 0.410 e. The van der Waals surface area contributed by atoms with Crippen molar-refractivity contribution in [1.82, 2.24) is 9.88 Å². The van der Waals surface area contributed by atoms with Gasteiger partial charge in [0, 0.05) is 37.5 Å². The first-order chi connectivity index (χ1) is 18.9. The van der Waals surface area contributed by atoms with Gasteiger partial charge in [0.05, 0.1) is 12.8 Å². The van der Waals surface area contributed by atoms with Gasteiger partial charge in [0.15, 0.2) is 21.4 Å². The van der Waals surface area contributed by atoms with Crippen LogP contribution in [0.4, 0.5) is 4.79 Å². The minimum absolute atomic E-state index is 0.0204. The molecule has 1 amide bonds. The van der Waals surface area contributed by atoms with Crippen molar-refractivity contribution in [1.29, 1.82) is 0 Å². The number of nitrogens with zero attached hydrogens (tertiary/aromatic N) is 1. The first kappa shape index (κ1) is 30.9. The lowest BCUT2D eigenvalue weighted by molar-refractivity contribution is 0.0248. The maximum Gasteiger partial charge on any atom is 0.410 e. The summed E-state index contributed by atoms with van der Waals surface area (Å²) in [6.45, 7) is 6.71. The Morgan fingerprint density at radius 3 is 2.20 bits per heavy atom. The first-order valence-electron chi connectivity index (χ1n) is 13.5. The summed E-state index contributed by atoms with van der Waals surface area (Å²) in [6.07, 6.45) is 5.73. The second kappa shape index (κ2) is 13.7. The zero-order chi connectivity index (χ0) is 29.3. The van der Waals surface area contributed by atoms with Crippen molar-refractivity contribution >= 4 is 21.7 Å². The number of hydrogen-bond donors (Lipinski definition) is 1. The minimum Gasteiger partial charge on any atom is -0.494 e. The Kier molecular flexibility index (Phi) is 10.6. The summed E-state index contributed by atoms with van der Waals surface area (Å²) in [5.41, 5.74) is 2.25. The van der Waals surface area contributed by atoms with Crippen LogP contribution in [0.15, 0.2) is 65.7 Å². The summed E-state index contributed by atoms with van der Waals surface area (Å²) < 4.78 is 35.3. The number of unbranched alkanes of at least 4 members (excludes halogenated alkanes) is 2. The molecule has 8 nitrogen and oxygen atoms in total. The van der Waals surface area contributed by atoms with E-state index in [2.05, 4.69) is 4.98 Å². The van der Waals surface area contributed by atoms with Crippen molar-refractivity contribution in [3.63, 3.8) is 0 Å².